The highest BCUT2D eigenvalue weighted by molar-refractivity contribution is 5.93. The highest BCUT2D eigenvalue weighted by atomic mass is 16.4. The summed E-state index contributed by atoms with van der Waals surface area (Å²) in [7, 11) is 0. The zero-order valence-corrected chi connectivity index (χ0v) is 9.57. The number of hydrogen-bond donors (Lipinski definition) is 3. The maximum absolute atomic E-state index is 11.0. The SMILES string of the molecule is O=C(O)c1ccc(Nc2ncncc2C(=O)O)cc1. The van der Waals surface area contributed by atoms with Gasteiger partial charge >= 0.3 is 11.9 Å². The van der Waals surface area contributed by atoms with Crippen molar-refractivity contribution in [3.05, 3.63) is 47.9 Å². The van der Waals surface area contributed by atoms with Gasteiger partial charge in [-0.2, -0.15) is 0 Å². The van der Waals surface area contributed by atoms with Crippen molar-refractivity contribution < 1.29 is 19.8 Å². The van der Waals surface area contributed by atoms with Gasteiger partial charge in [-0.15, -0.1) is 0 Å². The van der Waals surface area contributed by atoms with Gasteiger partial charge in [0.15, 0.2) is 0 Å². The van der Waals surface area contributed by atoms with E-state index >= 15 is 0 Å². The van der Waals surface area contributed by atoms with Crippen molar-refractivity contribution in [3.63, 3.8) is 0 Å². The van der Waals surface area contributed by atoms with Crippen LogP contribution in [0, 0.1) is 0 Å². The second-order valence-electron chi connectivity index (χ2n) is 3.60. The lowest BCUT2D eigenvalue weighted by Gasteiger charge is -2.07. The molecule has 0 spiro atoms. The summed E-state index contributed by atoms with van der Waals surface area (Å²) >= 11 is 0. The molecule has 0 aliphatic carbocycles. The van der Waals surface area contributed by atoms with E-state index in [0.717, 1.165) is 0 Å². The van der Waals surface area contributed by atoms with Gasteiger partial charge in [-0.05, 0) is 24.3 Å². The Kier molecular flexibility index (Phi) is 3.37. The van der Waals surface area contributed by atoms with Crippen molar-refractivity contribution >= 4 is 23.4 Å². The molecular formula is C12H9N3O4. The summed E-state index contributed by atoms with van der Waals surface area (Å²) < 4.78 is 0. The number of anilines is 2. The standard InChI is InChI=1S/C12H9N3O4/c16-11(17)7-1-3-8(4-2-7)15-10-9(12(18)19)5-13-6-14-10/h1-6H,(H,16,17)(H,18,19)(H,13,14,15). The van der Waals surface area contributed by atoms with E-state index in [1.165, 1.54) is 36.8 Å². The number of hydrogen-bond acceptors (Lipinski definition) is 5. The number of benzene rings is 1. The first kappa shape index (κ1) is 12.5. The Hall–Kier alpha value is -2.96. The van der Waals surface area contributed by atoms with Crippen LogP contribution in [0.25, 0.3) is 0 Å². The Morgan fingerprint density at radius 2 is 1.74 bits per heavy atom. The molecule has 7 heteroatoms. The van der Waals surface area contributed by atoms with Crippen LogP contribution in [0.4, 0.5) is 11.5 Å². The van der Waals surface area contributed by atoms with E-state index in [1.54, 1.807) is 0 Å². The zero-order chi connectivity index (χ0) is 13.8. The van der Waals surface area contributed by atoms with Crippen LogP contribution in [0.5, 0.6) is 0 Å². The Balaban J connectivity index is 2.26. The lowest BCUT2D eigenvalue weighted by atomic mass is 10.2. The van der Waals surface area contributed by atoms with Gasteiger partial charge < -0.3 is 15.5 Å². The normalized spacial score (nSPS) is 9.89. The molecule has 3 N–H and O–H groups in total. The van der Waals surface area contributed by atoms with Crippen LogP contribution in [-0.4, -0.2) is 32.1 Å². The molecule has 0 atom stereocenters. The summed E-state index contributed by atoms with van der Waals surface area (Å²) in [5.41, 5.74) is 0.614. The molecule has 0 aliphatic heterocycles. The fourth-order valence-electron chi connectivity index (χ4n) is 1.42. The average Bonchev–Trinajstić information content (AvgIpc) is 2.39. The molecule has 0 fully saturated rings. The number of nitrogens with zero attached hydrogens (tertiary/aromatic N) is 2. The molecule has 1 aromatic carbocycles. The molecule has 96 valence electrons. The van der Waals surface area contributed by atoms with E-state index < -0.39 is 11.9 Å². The number of carboxylic acid groups (broad SMARTS) is 2. The number of aromatic nitrogens is 2. The van der Waals surface area contributed by atoms with Crippen LogP contribution in [0.2, 0.25) is 0 Å². The van der Waals surface area contributed by atoms with Crippen LogP contribution in [0.1, 0.15) is 20.7 Å². The third-order valence-corrected chi connectivity index (χ3v) is 2.34. The van der Waals surface area contributed by atoms with E-state index in [0.29, 0.717) is 5.69 Å². The van der Waals surface area contributed by atoms with Gasteiger partial charge in [0.1, 0.15) is 17.7 Å². The zero-order valence-electron chi connectivity index (χ0n) is 9.57. The minimum Gasteiger partial charge on any atom is -0.478 e. The summed E-state index contributed by atoms with van der Waals surface area (Å²) in [5, 5.41) is 20.5. The van der Waals surface area contributed by atoms with Gasteiger partial charge in [-0.1, -0.05) is 0 Å². The first-order chi connectivity index (χ1) is 9.08. The van der Waals surface area contributed by atoms with Crippen molar-refractivity contribution in [2.45, 2.75) is 0 Å². The smallest absolute Gasteiger partial charge is 0.341 e. The molecule has 0 unspecified atom stereocenters. The highest BCUT2D eigenvalue weighted by Crippen LogP contribution is 2.18. The fourth-order valence-corrected chi connectivity index (χ4v) is 1.42. The van der Waals surface area contributed by atoms with Gasteiger partial charge in [0.25, 0.3) is 0 Å². The minimum atomic E-state index is -1.15. The van der Waals surface area contributed by atoms with Crippen LogP contribution < -0.4 is 5.32 Å². The maximum atomic E-state index is 11.0. The third kappa shape index (κ3) is 2.83. The van der Waals surface area contributed by atoms with Gasteiger partial charge in [-0.25, -0.2) is 19.6 Å². The molecule has 1 heterocycles. The molecule has 0 bridgehead atoms. The summed E-state index contributed by atoms with van der Waals surface area (Å²) in [6.07, 6.45) is 2.41. The number of aromatic carboxylic acids is 2. The summed E-state index contributed by atoms with van der Waals surface area (Å²) in [4.78, 5) is 29.1. The summed E-state index contributed by atoms with van der Waals surface area (Å²) in [6, 6.07) is 5.87. The fraction of sp³-hybridized carbons (Fsp3) is 0. The Labute approximate surface area is 107 Å². The van der Waals surface area contributed by atoms with Crippen LogP contribution >= 0.6 is 0 Å². The van der Waals surface area contributed by atoms with Crippen LogP contribution in [-0.2, 0) is 0 Å². The number of carbonyl (C=O) groups is 2. The van der Waals surface area contributed by atoms with Crippen LogP contribution in [0.15, 0.2) is 36.8 Å². The van der Waals surface area contributed by atoms with Crippen molar-refractivity contribution in [1.29, 1.82) is 0 Å². The predicted molar refractivity (Wildman–Crippen MR) is 65.7 cm³/mol. The summed E-state index contributed by atoms with van der Waals surface area (Å²) in [5.74, 6) is -2.03. The molecule has 0 aliphatic rings. The summed E-state index contributed by atoms with van der Waals surface area (Å²) in [6.45, 7) is 0. The molecule has 2 aromatic rings. The third-order valence-electron chi connectivity index (χ3n) is 2.34. The average molecular weight is 259 g/mol. The molecular weight excluding hydrogens is 250 g/mol. The quantitative estimate of drug-likeness (QED) is 0.764. The highest BCUT2D eigenvalue weighted by Gasteiger charge is 2.11. The molecule has 19 heavy (non-hydrogen) atoms. The second-order valence-corrected chi connectivity index (χ2v) is 3.60. The van der Waals surface area contributed by atoms with E-state index in [1.807, 2.05) is 0 Å². The number of rotatable bonds is 4. The van der Waals surface area contributed by atoms with Crippen molar-refractivity contribution in [2.75, 3.05) is 5.32 Å². The molecule has 0 saturated carbocycles. The second kappa shape index (κ2) is 5.13. The lowest BCUT2D eigenvalue weighted by Crippen LogP contribution is -2.05. The topological polar surface area (TPSA) is 112 Å². The van der Waals surface area contributed by atoms with Crippen LogP contribution in [0.3, 0.4) is 0 Å². The van der Waals surface area contributed by atoms with Crippen molar-refractivity contribution in [1.82, 2.24) is 9.97 Å². The van der Waals surface area contributed by atoms with Gasteiger partial charge in [-0.3, -0.25) is 0 Å². The largest absolute Gasteiger partial charge is 0.478 e. The number of nitrogens with one attached hydrogen (secondary N) is 1. The predicted octanol–water partition coefficient (Wildman–Crippen LogP) is 1.62. The van der Waals surface area contributed by atoms with Gasteiger partial charge in [0.05, 0.1) is 5.56 Å². The van der Waals surface area contributed by atoms with Gasteiger partial charge in [0.2, 0.25) is 0 Å². The number of carboxylic acids is 2. The minimum absolute atomic E-state index is 0.0650. The Bertz CT molecular complexity index is 625. The monoisotopic (exact) mass is 259 g/mol. The molecule has 2 rings (SSSR count). The molecule has 0 amide bonds. The first-order valence-corrected chi connectivity index (χ1v) is 5.21. The van der Waals surface area contributed by atoms with E-state index in [2.05, 4.69) is 15.3 Å². The molecule has 0 radical (unpaired) electrons. The molecule has 7 nitrogen and oxygen atoms in total. The van der Waals surface area contributed by atoms with Crippen molar-refractivity contribution in [2.24, 2.45) is 0 Å². The van der Waals surface area contributed by atoms with Crippen molar-refractivity contribution in [3.8, 4) is 0 Å². The maximum Gasteiger partial charge on any atom is 0.341 e. The Morgan fingerprint density at radius 3 is 2.32 bits per heavy atom. The Morgan fingerprint density at radius 1 is 1.05 bits per heavy atom. The van der Waals surface area contributed by atoms with E-state index in [9.17, 15) is 9.59 Å². The van der Waals surface area contributed by atoms with E-state index in [4.69, 9.17) is 10.2 Å². The molecule has 1 aromatic heterocycles. The van der Waals surface area contributed by atoms with E-state index in [-0.39, 0.29) is 16.9 Å². The molecule has 0 saturated heterocycles. The lowest BCUT2D eigenvalue weighted by molar-refractivity contribution is 0.0686. The van der Waals surface area contributed by atoms with Gasteiger partial charge in [0, 0.05) is 11.9 Å². The first-order valence-electron chi connectivity index (χ1n) is 5.21.